The number of benzene rings is 1. The molecule has 1 aromatic carbocycles. The molecule has 2 rings (SSSR count). The van der Waals surface area contributed by atoms with E-state index in [0.29, 0.717) is 10.1 Å². The molecule has 2 aromatic rings. The monoisotopic (exact) mass is 290 g/mol. The highest BCUT2D eigenvalue weighted by molar-refractivity contribution is 7.17. The van der Waals surface area contributed by atoms with E-state index in [4.69, 9.17) is 0 Å². The molecule has 1 heterocycles. The van der Waals surface area contributed by atoms with Crippen molar-refractivity contribution in [2.45, 2.75) is 26.3 Å². The van der Waals surface area contributed by atoms with Gasteiger partial charge in [0.05, 0.1) is 0 Å². The third kappa shape index (κ3) is 4.03. The van der Waals surface area contributed by atoms with Crippen molar-refractivity contribution >= 4 is 22.4 Å². The Bertz CT molecular complexity index is 555. The van der Waals surface area contributed by atoms with E-state index in [1.165, 1.54) is 16.9 Å². The number of carbonyl (C=O) groups excluding carboxylic acids is 1. The quantitative estimate of drug-likeness (QED) is 0.857. The Balaban J connectivity index is 1.90. The Morgan fingerprint density at radius 3 is 2.75 bits per heavy atom. The van der Waals surface area contributed by atoms with Crippen molar-refractivity contribution in [3.05, 3.63) is 40.9 Å². The van der Waals surface area contributed by atoms with Crippen LogP contribution in [0.15, 0.2) is 30.3 Å². The summed E-state index contributed by atoms with van der Waals surface area (Å²) in [4.78, 5) is 12.0. The van der Waals surface area contributed by atoms with Crippen LogP contribution < -0.4 is 10.6 Å². The molecule has 0 fully saturated rings. The van der Waals surface area contributed by atoms with Crippen molar-refractivity contribution in [1.29, 1.82) is 0 Å². The number of aromatic nitrogens is 2. The second-order valence-electron chi connectivity index (χ2n) is 4.51. The van der Waals surface area contributed by atoms with Gasteiger partial charge in [-0.1, -0.05) is 41.7 Å². The standard InChI is InChI=1S/C14H18N4OS/c1-3-15-14-18-17-13(20-14)12(19)16-10(2)9-11-7-5-4-6-8-11/h4-8,10H,3,9H2,1-2H3,(H,15,18)(H,16,19). The van der Waals surface area contributed by atoms with E-state index >= 15 is 0 Å². The van der Waals surface area contributed by atoms with Crippen molar-refractivity contribution < 1.29 is 4.79 Å². The van der Waals surface area contributed by atoms with Gasteiger partial charge in [-0.05, 0) is 25.8 Å². The average molecular weight is 290 g/mol. The van der Waals surface area contributed by atoms with Crippen LogP contribution in [0.25, 0.3) is 0 Å². The Morgan fingerprint density at radius 1 is 1.30 bits per heavy atom. The molecule has 2 N–H and O–H groups in total. The van der Waals surface area contributed by atoms with Crippen molar-refractivity contribution in [2.75, 3.05) is 11.9 Å². The summed E-state index contributed by atoms with van der Waals surface area (Å²) in [5, 5.41) is 14.8. The molecule has 1 atom stereocenters. The zero-order valence-electron chi connectivity index (χ0n) is 11.6. The lowest BCUT2D eigenvalue weighted by atomic mass is 10.1. The maximum absolute atomic E-state index is 12.0. The third-order valence-corrected chi connectivity index (χ3v) is 3.59. The fourth-order valence-electron chi connectivity index (χ4n) is 1.84. The van der Waals surface area contributed by atoms with Gasteiger partial charge in [0.2, 0.25) is 10.1 Å². The number of nitrogens with one attached hydrogen (secondary N) is 2. The van der Waals surface area contributed by atoms with Crippen LogP contribution in [0.1, 0.15) is 29.2 Å². The molecular weight excluding hydrogens is 272 g/mol. The van der Waals surface area contributed by atoms with Gasteiger partial charge in [0.25, 0.3) is 5.91 Å². The minimum absolute atomic E-state index is 0.0522. The largest absolute Gasteiger partial charge is 0.360 e. The molecule has 0 aliphatic rings. The molecule has 1 unspecified atom stereocenters. The first-order valence-electron chi connectivity index (χ1n) is 6.61. The molecule has 0 saturated carbocycles. The number of amides is 1. The van der Waals surface area contributed by atoms with Crippen LogP contribution in [0.4, 0.5) is 5.13 Å². The van der Waals surface area contributed by atoms with Gasteiger partial charge >= 0.3 is 0 Å². The second kappa shape index (κ2) is 7.00. The topological polar surface area (TPSA) is 66.9 Å². The fourth-order valence-corrected chi connectivity index (χ4v) is 2.56. The SMILES string of the molecule is CCNc1nnc(C(=O)NC(C)Cc2ccccc2)s1. The maximum Gasteiger partial charge on any atom is 0.282 e. The van der Waals surface area contributed by atoms with Gasteiger partial charge in [0.15, 0.2) is 0 Å². The first kappa shape index (κ1) is 14.5. The molecule has 6 heteroatoms. The molecule has 0 bridgehead atoms. The van der Waals surface area contributed by atoms with Crippen LogP contribution in [0, 0.1) is 0 Å². The number of anilines is 1. The zero-order valence-corrected chi connectivity index (χ0v) is 12.4. The molecular formula is C14H18N4OS. The summed E-state index contributed by atoms with van der Waals surface area (Å²) in [6, 6.07) is 10.1. The summed E-state index contributed by atoms with van der Waals surface area (Å²) in [6.45, 7) is 4.72. The highest BCUT2D eigenvalue weighted by Gasteiger charge is 2.15. The second-order valence-corrected chi connectivity index (χ2v) is 5.48. The van der Waals surface area contributed by atoms with E-state index in [-0.39, 0.29) is 11.9 Å². The summed E-state index contributed by atoms with van der Waals surface area (Å²) in [5.74, 6) is -0.171. The van der Waals surface area contributed by atoms with Gasteiger partial charge in [0, 0.05) is 12.6 Å². The predicted octanol–water partition coefficient (Wildman–Crippen LogP) is 2.33. The van der Waals surface area contributed by atoms with Crippen LogP contribution in [0.3, 0.4) is 0 Å². The van der Waals surface area contributed by atoms with Gasteiger partial charge in [0.1, 0.15) is 0 Å². The van der Waals surface area contributed by atoms with Crippen molar-refractivity contribution in [1.82, 2.24) is 15.5 Å². The van der Waals surface area contributed by atoms with E-state index in [2.05, 4.69) is 33.0 Å². The van der Waals surface area contributed by atoms with Gasteiger partial charge in [-0.2, -0.15) is 0 Å². The molecule has 0 spiro atoms. The smallest absolute Gasteiger partial charge is 0.282 e. The van der Waals surface area contributed by atoms with Crippen molar-refractivity contribution in [3.63, 3.8) is 0 Å². The molecule has 0 saturated heterocycles. The lowest BCUT2D eigenvalue weighted by Gasteiger charge is -2.12. The van der Waals surface area contributed by atoms with Gasteiger partial charge < -0.3 is 10.6 Å². The van der Waals surface area contributed by atoms with E-state index in [1.807, 2.05) is 32.0 Å². The molecule has 106 valence electrons. The van der Waals surface area contributed by atoms with E-state index in [1.54, 1.807) is 0 Å². The lowest BCUT2D eigenvalue weighted by Crippen LogP contribution is -2.34. The van der Waals surface area contributed by atoms with E-state index in [0.717, 1.165) is 13.0 Å². The minimum Gasteiger partial charge on any atom is -0.360 e. The van der Waals surface area contributed by atoms with Crippen molar-refractivity contribution in [2.24, 2.45) is 0 Å². The lowest BCUT2D eigenvalue weighted by molar-refractivity contribution is 0.0939. The Kier molecular flexibility index (Phi) is 5.06. The summed E-state index contributed by atoms with van der Waals surface area (Å²) in [6.07, 6.45) is 0.797. The fraction of sp³-hybridized carbons (Fsp3) is 0.357. The van der Waals surface area contributed by atoms with Crippen molar-refractivity contribution in [3.8, 4) is 0 Å². The average Bonchev–Trinajstić information content (AvgIpc) is 2.89. The first-order chi connectivity index (χ1) is 9.69. The molecule has 0 radical (unpaired) electrons. The highest BCUT2D eigenvalue weighted by atomic mass is 32.1. The minimum atomic E-state index is -0.171. The van der Waals surface area contributed by atoms with E-state index in [9.17, 15) is 4.79 Å². The molecule has 1 amide bonds. The molecule has 0 aliphatic heterocycles. The normalized spacial score (nSPS) is 11.9. The Labute approximate surface area is 122 Å². The number of hydrogen-bond acceptors (Lipinski definition) is 5. The summed E-state index contributed by atoms with van der Waals surface area (Å²) in [7, 11) is 0. The number of hydrogen-bond donors (Lipinski definition) is 2. The maximum atomic E-state index is 12.0. The van der Waals surface area contributed by atoms with E-state index < -0.39 is 0 Å². The van der Waals surface area contributed by atoms with Crippen LogP contribution in [-0.2, 0) is 6.42 Å². The van der Waals surface area contributed by atoms with Gasteiger partial charge in [-0.15, -0.1) is 10.2 Å². The van der Waals surface area contributed by atoms with Crippen LogP contribution in [-0.4, -0.2) is 28.7 Å². The van der Waals surface area contributed by atoms with Crippen LogP contribution >= 0.6 is 11.3 Å². The Morgan fingerprint density at radius 2 is 2.05 bits per heavy atom. The summed E-state index contributed by atoms with van der Waals surface area (Å²) >= 11 is 1.27. The number of carbonyl (C=O) groups is 1. The predicted molar refractivity (Wildman–Crippen MR) is 81.1 cm³/mol. The molecule has 1 aromatic heterocycles. The third-order valence-electron chi connectivity index (χ3n) is 2.71. The van der Waals surface area contributed by atoms with Gasteiger partial charge in [-0.25, -0.2) is 0 Å². The van der Waals surface area contributed by atoms with Gasteiger partial charge in [-0.3, -0.25) is 4.79 Å². The number of nitrogens with zero attached hydrogens (tertiary/aromatic N) is 2. The van der Waals surface area contributed by atoms with Crippen LogP contribution in [0.5, 0.6) is 0 Å². The Hall–Kier alpha value is -1.95. The molecule has 0 aliphatic carbocycles. The first-order valence-corrected chi connectivity index (χ1v) is 7.43. The summed E-state index contributed by atoms with van der Waals surface area (Å²) in [5.41, 5.74) is 1.20. The summed E-state index contributed by atoms with van der Waals surface area (Å²) < 4.78 is 0. The zero-order chi connectivity index (χ0) is 14.4. The number of rotatable bonds is 6. The molecule has 5 nitrogen and oxygen atoms in total. The van der Waals surface area contributed by atoms with Crippen LogP contribution in [0.2, 0.25) is 0 Å². The highest BCUT2D eigenvalue weighted by Crippen LogP contribution is 2.14. The molecule has 20 heavy (non-hydrogen) atoms.